The van der Waals surface area contributed by atoms with Gasteiger partial charge in [-0.05, 0) is 31.5 Å². The molecule has 19 heavy (non-hydrogen) atoms. The van der Waals surface area contributed by atoms with Gasteiger partial charge in [0.2, 0.25) is 0 Å². The SMILES string of the molecule is CC(NCC(C)(O)CO)c1ccc2[nH]c(=O)[nH]c2c1. The lowest BCUT2D eigenvalue weighted by molar-refractivity contribution is 0.00106. The van der Waals surface area contributed by atoms with Crippen molar-refractivity contribution in [1.82, 2.24) is 15.3 Å². The van der Waals surface area contributed by atoms with Crippen molar-refractivity contribution in [2.45, 2.75) is 25.5 Å². The Kier molecular flexibility index (Phi) is 3.75. The summed E-state index contributed by atoms with van der Waals surface area (Å²) >= 11 is 0. The van der Waals surface area contributed by atoms with E-state index in [1.165, 1.54) is 0 Å². The summed E-state index contributed by atoms with van der Waals surface area (Å²) in [5.41, 5.74) is 1.15. The average molecular weight is 265 g/mol. The molecular formula is C13H19N3O3. The third kappa shape index (κ3) is 3.23. The molecule has 5 N–H and O–H groups in total. The normalized spacial score (nSPS) is 16.4. The Morgan fingerprint density at radius 2 is 2.05 bits per heavy atom. The lowest BCUT2D eigenvalue weighted by Gasteiger charge is -2.24. The third-order valence-electron chi connectivity index (χ3n) is 3.17. The Labute approximate surface area is 110 Å². The van der Waals surface area contributed by atoms with E-state index >= 15 is 0 Å². The zero-order chi connectivity index (χ0) is 14.0. The second kappa shape index (κ2) is 5.16. The highest BCUT2D eigenvalue weighted by Gasteiger charge is 2.19. The minimum absolute atomic E-state index is 0.000766. The van der Waals surface area contributed by atoms with Crippen LogP contribution in [0.25, 0.3) is 11.0 Å². The second-order valence-corrected chi connectivity index (χ2v) is 5.14. The molecule has 2 atom stereocenters. The number of benzene rings is 1. The summed E-state index contributed by atoms with van der Waals surface area (Å²) in [6.45, 7) is 3.52. The van der Waals surface area contributed by atoms with Gasteiger partial charge in [-0.1, -0.05) is 6.07 Å². The number of rotatable bonds is 5. The van der Waals surface area contributed by atoms with Crippen LogP contribution in [0.2, 0.25) is 0 Å². The van der Waals surface area contributed by atoms with Crippen LogP contribution in [0.15, 0.2) is 23.0 Å². The molecule has 6 heteroatoms. The number of hydrogen-bond donors (Lipinski definition) is 5. The van der Waals surface area contributed by atoms with Gasteiger partial charge in [0.15, 0.2) is 0 Å². The molecule has 2 unspecified atom stereocenters. The number of aromatic amines is 2. The second-order valence-electron chi connectivity index (χ2n) is 5.14. The van der Waals surface area contributed by atoms with Crippen LogP contribution in [-0.4, -0.2) is 38.9 Å². The van der Waals surface area contributed by atoms with Crippen LogP contribution >= 0.6 is 0 Å². The summed E-state index contributed by atoms with van der Waals surface area (Å²) < 4.78 is 0. The predicted octanol–water partition coefficient (Wildman–Crippen LogP) is 0.250. The van der Waals surface area contributed by atoms with E-state index in [0.29, 0.717) is 0 Å². The Morgan fingerprint density at radius 3 is 2.74 bits per heavy atom. The monoisotopic (exact) mass is 265 g/mol. The van der Waals surface area contributed by atoms with Crippen molar-refractivity contribution in [3.63, 3.8) is 0 Å². The summed E-state index contributed by atoms with van der Waals surface area (Å²) in [6, 6.07) is 5.64. The fraction of sp³-hybridized carbons (Fsp3) is 0.462. The van der Waals surface area contributed by atoms with Gasteiger partial charge in [-0.25, -0.2) is 4.79 Å². The largest absolute Gasteiger partial charge is 0.393 e. The smallest absolute Gasteiger partial charge is 0.323 e. The Morgan fingerprint density at radius 1 is 1.37 bits per heavy atom. The third-order valence-corrected chi connectivity index (χ3v) is 3.17. The average Bonchev–Trinajstić information content (AvgIpc) is 2.75. The molecule has 0 aliphatic rings. The first-order valence-electron chi connectivity index (χ1n) is 6.20. The van der Waals surface area contributed by atoms with Crippen molar-refractivity contribution in [1.29, 1.82) is 0 Å². The molecule has 6 nitrogen and oxygen atoms in total. The van der Waals surface area contributed by atoms with Gasteiger partial charge in [-0.2, -0.15) is 0 Å². The molecule has 104 valence electrons. The molecule has 0 bridgehead atoms. The van der Waals surface area contributed by atoms with Crippen LogP contribution in [0.3, 0.4) is 0 Å². The summed E-state index contributed by atoms with van der Waals surface area (Å²) in [5.74, 6) is 0. The van der Waals surface area contributed by atoms with E-state index in [9.17, 15) is 9.90 Å². The van der Waals surface area contributed by atoms with E-state index in [-0.39, 0.29) is 24.9 Å². The number of hydrogen-bond acceptors (Lipinski definition) is 4. The van der Waals surface area contributed by atoms with Crippen molar-refractivity contribution in [2.24, 2.45) is 0 Å². The maximum absolute atomic E-state index is 11.2. The molecule has 0 saturated heterocycles. The van der Waals surface area contributed by atoms with Gasteiger partial charge >= 0.3 is 5.69 Å². The first-order chi connectivity index (χ1) is 8.91. The molecule has 0 aliphatic carbocycles. The van der Waals surface area contributed by atoms with Crippen LogP contribution in [0.4, 0.5) is 0 Å². The summed E-state index contributed by atoms with van der Waals surface area (Å²) in [7, 11) is 0. The molecule has 1 aromatic heterocycles. The zero-order valence-electron chi connectivity index (χ0n) is 11.0. The van der Waals surface area contributed by atoms with Crippen LogP contribution in [0, 0.1) is 0 Å². The van der Waals surface area contributed by atoms with Gasteiger partial charge in [0.05, 0.1) is 23.2 Å². The molecule has 0 saturated carbocycles. The number of H-pyrrole nitrogens is 2. The quantitative estimate of drug-likeness (QED) is 0.535. The number of aliphatic hydroxyl groups excluding tert-OH is 1. The van der Waals surface area contributed by atoms with Crippen LogP contribution < -0.4 is 11.0 Å². The van der Waals surface area contributed by atoms with Gasteiger partial charge in [-0.15, -0.1) is 0 Å². The number of nitrogens with one attached hydrogen (secondary N) is 3. The molecule has 0 amide bonds. The first kappa shape index (κ1) is 13.8. The summed E-state index contributed by atoms with van der Waals surface area (Å²) in [4.78, 5) is 16.6. The molecule has 0 fully saturated rings. The molecular weight excluding hydrogens is 246 g/mol. The Bertz CT molecular complexity index is 615. The van der Waals surface area contributed by atoms with E-state index < -0.39 is 5.60 Å². The van der Waals surface area contributed by atoms with Gasteiger partial charge in [0, 0.05) is 12.6 Å². The van der Waals surface area contributed by atoms with E-state index in [1.807, 2.05) is 25.1 Å². The maximum Gasteiger partial charge on any atom is 0.323 e. The van der Waals surface area contributed by atoms with Crippen molar-refractivity contribution >= 4 is 11.0 Å². The fourth-order valence-electron chi connectivity index (χ4n) is 1.87. The number of aromatic nitrogens is 2. The van der Waals surface area contributed by atoms with Crippen LogP contribution in [0.1, 0.15) is 25.5 Å². The van der Waals surface area contributed by atoms with Gasteiger partial charge < -0.3 is 25.5 Å². The molecule has 2 rings (SSSR count). The number of fused-ring (bicyclic) bond motifs is 1. The van der Waals surface area contributed by atoms with E-state index in [4.69, 9.17) is 5.11 Å². The highest BCUT2D eigenvalue weighted by molar-refractivity contribution is 5.75. The fourth-order valence-corrected chi connectivity index (χ4v) is 1.87. The molecule has 2 aromatic rings. The summed E-state index contributed by atoms with van der Waals surface area (Å²) in [6.07, 6.45) is 0. The lowest BCUT2D eigenvalue weighted by atomic mass is 10.0. The van der Waals surface area contributed by atoms with E-state index in [0.717, 1.165) is 16.6 Å². The first-order valence-corrected chi connectivity index (χ1v) is 6.20. The van der Waals surface area contributed by atoms with E-state index in [1.54, 1.807) is 6.92 Å². The molecule has 1 aromatic carbocycles. The molecule has 0 spiro atoms. The van der Waals surface area contributed by atoms with Crippen molar-refractivity contribution in [2.75, 3.05) is 13.2 Å². The predicted molar refractivity (Wildman–Crippen MR) is 73.0 cm³/mol. The highest BCUT2D eigenvalue weighted by atomic mass is 16.3. The van der Waals surface area contributed by atoms with Crippen molar-refractivity contribution in [3.8, 4) is 0 Å². The molecule has 0 aliphatic heterocycles. The lowest BCUT2D eigenvalue weighted by Crippen LogP contribution is -2.41. The van der Waals surface area contributed by atoms with Crippen molar-refractivity contribution in [3.05, 3.63) is 34.2 Å². The Balaban J connectivity index is 2.12. The van der Waals surface area contributed by atoms with Gasteiger partial charge in [-0.3, -0.25) is 0 Å². The van der Waals surface area contributed by atoms with Crippen LogP contribution in [0.5, 0.6) is 0 Å². The minimum atomic E-state index is -1.14. The van der Waals surface area contributed by atoms with Gasteiger partial charge in [0.25, 0.3) is 0 Å². The van der Waals surface area contributed by atoms with E-state index in [2.05, 4.69) is 15.3 Å². The maximum atomic E-state index is 11.2. The van der Waals surface area contributed by atoms with Gasteiger partial charge in [0.1, 0.15) is 0 Å². The zero-order valence-corrected chi connectivity index (χ0v) is 11.0. The number of imidazole rings is 1. The summed E-state index contributed by atoms with van der Waals surface area (Å²) in [5, 5.41) is 21.9. The van der Waals surface area contributed by atoms with Crippen LogP contribution in [-0.2, 0) is 0 Å². The highest BCUT2D eigenvalue weighted by Crippen LogP contribution is 2.17. The molecule has 0 radical (unpaired) electrons. The molecule has 1 heterocycles. The van der Waals surface area contributed by atoms with Crippen molar-refractivity contribution < 1.29 is 10.2 Å². The topological polar surface area (TPSA) is 101 Å². The standard InChI is InChI=1S/C13H19N3O3/c1-8(14-6-13(2,19)7-17)9-3-4-10-11(5-9)16-12(18)15-10/h3-5,8,14,17,19H,6-7H2,1-2H3,(H2,15,16,18). The minimum Gasteiger partial charge on any atom is -0.393 e. The number of aliphatic hydroxyl groups is 2. The Hall–Kier alpha value is -1.63.